The van der Waals surface area contributed by atoms with Crippen LogP contribution in [0, 0.1) is 5.92 Å². The minimum absolute atomic E-state index is 0.230. The molecule has 0 N–H and O–H groups in total. The first-order chi connectivity index (χ1) is 10.2. The lowest BCUT2D eigenvalue weighted by Crippen LogP contribution is -2.53. The molecule has 1 aromatic carbocycles. The molecule has 3 rings (SSSR count). The van der Waals surface area contributed by atoms with Gasteiger partial charge in [0.25, 0.3) is 0 Å². The summed E-state index contributed by atoms with van der Waals surface area (Å²) >= 11 is 0. The van der Waals surface area contributed by atoms with Crippen LogP contribution in [0.2, 0.25) is 0 Å². The molecule has 2 aliphatic rings. The van der Waals surface area contributed by atoms with Gasteiger partial charge in [0.15, 0.2) is 0 Å². The number of piperazine rings is 1. The van der Waals surface area contributed by atoms with E-state index in [1.165, 1.54) is 5.56 Å². The third-order valence-corrected chi connectivity index (χ3v) is 4.45. The Morgan fingerprint density at radius 1 is 1.14 bits per heavy atom. The molecule has 1 aromatic rings. The molecule has 3 nitrogen and oxygen atoms in total. The Labute approximate surface area is 128 Å². The molecule has 0 aromatic heterocycles. The molecule has 1 aliphatic carbocycles. The number of amides is 1. The standard InChI is InChI=1S/C16H22N2O.C2H6/c1-12-11-17(2)8-9-18(12)16(19)15-10-14(15)13-6-4-3-5-7-13;1-2/h3-7,12,14-15H,8-11H2,1-2H3;1-2H3. The molecule has 0 spiro atoms. The Hall–Kier alpha value is -1.35. The Morgan fingerprint density at radius 3 is 2.43 bits per heavy atom. The summed E-state index contributed by atoms with van der Waals surface area (Å²) in [6.07, 6.45) is 1.03. The van der Waals surface area contributed by atoms with Crippen molar-refractivity contribution in [2.45, 2.75) is 39.2 Å². The van der Waals surface area contributed by atoms with Crippen LogP contribution < -0.4 is 0 Å². The van der Waals surface area contributed by atoms with E-state index >= 15 is 0 Å². The highest BCUT2D eigenvalue weighted by Crippen LogP contribution is 2.48. The Kier molecular flexibility index (Phi) is 5.40. The zero-order valence-corrected chi connectivity index (χ0v) is 13.7. The fourth-order valence-corrected chi connectivity index (χ4v) is 3.22. The van der Waals surface area contributed by atoms with Crippen molar-refractivity contribution >= 4 is 5.91 Å². The summed E-state index contributed by atoms with van der Waals surface area (Å²) < 4.78 is 0. The Morgan fingerprint density at radius 2 is 1.81 bits per heavy atom. The molecule has 3 unspecified atom stereocenters. The van der Waals surface area contributed by atoms with Crippen LogP contribution in [0.3, 0.4) is 0 Å². The predicted octanol–water partition coefficient (Wildman–Crippen LogP) is 2.98. The molecule has 1 aliphatic heterocycles. The van der Waals surface area contributed by atoms with Gasteiger partial charge in [0.1, 0.15) is 0 Å². The number of likely N-dealkylation sites (N-methyl/N-ethyl adjacent to an activating group) is 1. The van der Waals surface area contributed by atoms with Gasteiger partial charge in [0.2, 0.25) is 5.91 Å². The lowest BCUT2D eigenvalue weighted by Gasteiger charge is -2.38. The largest absolute Gasteiger partial charge is 0.337 e. The molecule has 3 heteroatoms. The second kappa shape index (κ2) is 7.08. The quantitative estimate of drug-likeness (QED) is 0.835. The van der Waals surface area contributed by atoms with Crippen LogP contribution in [0.15, 0.2) is 30.3 Å². The molecular weight excluding hydrogens is 260 g/mol. The number of hydrogen-bond acceptors (Lipinski definition) is 2. The highest BCUT2D eigenvalue weighted by molar-refractivity contribution is 5.83. The first kappa shape index (κ1) is 16.0. The third-order valence-electron chi connectivity index (χ3n) is 4.45. The molecule has 1 amide bonds. The van der Waals surface area contributed by atoms with Crippen LogP contribution in [0.25, 0.3) is 0 Å². The van der Waals surface area contributed by atoms with Crippen LogP contribution in [0.1, 0.15) is 38.7 Å². The summed E-state index contributed by atoms with van der Waals surface area (Å²) in [7, 11) is 2.13. The van der Waals surface area contributed by atoms with E-state index < -0.39 is 0 Å². The molecule has 2 fully saturated rings. The van der Waals surface area contributed by atoms with E-state index in [1.807, 2.05) is 19.9 Å². The van der Waals surface area contributed by atoms with E-state index in [0.29, 0.717) is 17.9 Å². The van der Waals surface area contributed by atoms with E-state index in [2.05, 4.69) is 48.0 Å². The maximum atomic E-state index is 12.6. The fourth-order valence-electron chi connectivity index (χ4n) is 3.22. The van der Waals surface area contributed by atoms with Crippen molar-refractivity contribution in [1.82, 2.24) is 9.80 Å². The van der Waals surface area contributed by atoms with Crippen molar-refractivity contribution in [3.8, 4) is 0 Å². The Bertz CT molecular complexity index is 460. The zero-order chi connectivity index (χ0) is 15.4. The van der Waals surface area contributed by atoms with Gasteiger partial charge in [0.05, 0.1) is 0 Å². The fraction of sp³-hybridized carbons (Fsp3) is 0.611. The van der Waals surface area contributed by atoms with Crippen LogP contribution in [-0.2, 0) is 4.79 Å². The minimum Gasteiger partial charge on any atom is -0.337 e. The van der Waals surface area contributed by atoms with E-state index in [-0.39, 0.29) is 5.92 Å². The summed E-state index contributed by atoms with van der Waals surface area (Å²) in [4.78, 5) is 17.0. The van der Waals surface area contributed by atoms with Gasteiger partial charge in [-0.05, 0) is 31.9 Å². The molecule has 21 heavy (non-hydrogen) atoms. The van der Waals surface area contributed by atoms with Gasteiger partial charge in [-0.2, -0.15) is 0 Å². The first-order valence-corrected chi connectivity index (χ1v) is 8.21. The second-order valence-electron chi connectivity index (χ2n) is 6.00. The summed E-state index contributed by atoms with van der Waals surface area (Å²) in [5.41, 5.74) is 1.32. The molecule has 0 radical (unpaired) electrons. The van der Waals surface area contributed by atoms with Crippen LogP contribution in [-0.4, -0.2) is 48.4 Å². The third kappa shape index (κ3) is 3.65. The summed E-state index contributed by atoms with van der Waals surface area (Å²) in [6, 6.07) is 10.8. The smallest absolute Gasteiger partial charge is 0.226 e. The van der Waals surface area contributed by atoms with Gasteiger partial charge in [-0.1, -0.05) is 44.2 Å². The van der Waals surface area contributed by atoms with Crippen molar-refractivity contribution < 1.29 is 4.79 Å². The molecule has 1 saturated carbocycles. The maximum Gasteiger partial charge on any atom is 0.226 e. The monoisotopic (exact) mass is 288 g/mol. The van der Waals surface area contributed by atoms with Gasteiger partial charge in [-0.15, -0.1) is 0 Å². The second-order valence-corrected chi connectivity index (χ2v) is 6.00. The molecule has 1 saturated heterocycles. The summed E-state index contributed by atoms with van der Waals surface area (Å²) in [5, 5.41) is 0. The summed E-state index contributed by atoms with van der Waals surface area (Å²) in [6.45, 7) is 9.04. The number of rotatable bonds is 2. The van der Waals surface area contributed by atoms with Crippen molar-refractivity contribution in [3.05, 3.63) is 35.9 Å². The molecular formula is C18H28N2O. The van der Waals surface area contributed by atoms with Crippen molar-refractivity contribution in [3.63, 3.8) is 0 Å². The molecule has 0 bridgehead atoms. The van der Waals surface area contributed by atoms with Gasteiger partial charge in [-0.3, -0.25) is 4.79 Å². The lowest BCUT2D eigenvalue weighted by atomic mass is 10.1. The first-order valence-electron chi connectivity index (χ1n) is 8.21. The van der Waals surface area contributed by atoms with Gasteiger partial charge in [-0.25, -0.2) is 0 Å². The highest BCUT2D eigenvalue weighted by atomic mass is 16.2. The number of benzene rings is 1. The zero-order valence-electron chi connectivity index (χ0n) is 13.7. The topological polar surface area (TPSA) is 23.6 Å². The summed E-state index contributed by atoms with van der Waals surface area (Å²) in [5.74, 6) is 1.06. The molecule has 3 atom stereocenters. The SMILES string of the molecule is CC.CC1CN(C)CCN1C(=O)C1CC1c1ccccc1. The van der Waals surface area contributed by atoms with E-state index in [9.17, 15) is 4.79 Å². The number of nitrogens with zero attached hydrogens (tertiary/aromatic N) is 2. The van der Waals surface area contributed by atoms with Gasteiger partial charge < -0.3 is 9.80 Å². The molecule has 1 heterocycles. The van der Waals surface area contributed by atoms with Gasteiger partial charge >= 0.3 is 0 Å². The Balaban J connectivity index is 0.000000774. The van der Waals surface area contributed by atoms with E-state index in [4.69, 9.17) is 0 Å². The number of carbonyl (C=O) groups excluding carboxylic acids is 1. The van der Waals surface area contributed by atoms with E-state index in [1.54, 1.807) is 0 Å². The van der Waals surface area contributed by atoms with Crippen LogP contribution >= 0.6 is 0 Å². The maximum absolute atomic E-state index is 12.6. The molecule has 116 valence electrons. The normalized spacial score (nSPS) is 28.6. The highest BCUT2D eigenvalue weighted by Gasteiger charge is 2.46. The lowest BCUT2D eigenvalue weighted by molar-refractivity contribution is -0.136. The van der Waals surface area contributed by atoms with Crippen molar-refractivity contribution in [1.29, 1.82) is 0 Å². The van der Waals surface area contributed by atoms with E-state index in [0.717, 1.165) is 26.1 Å². The van der Waals surface area contributed by atoms with Gasteiger partial charge in [0, 0.05) is 31.6 Å². The van der Waals surface area contributed by atoms with Crippen molar-refractivity contribution in [2.24, 2.45) is 5.92 Å². The number of carbonyl (C=O) groups is 1. The van der Waals surface area contributed by atoms with Crippen molar-refractivity contribution in [2.75, 3.05) is 26.7 Å². The predicted molar refractivity (Wildman–Crippen MR) is 87.3 cm³/mol. The minimum atomic E-state index is 0.230. The number of hydrogen-bond donors (Lipinski definition) is 0. The average Bonchev–Trinajstić information content (AvgIpc) is 3.30. The van der Waals surface area contributed by atoms with Crippen LogP contribution in [0.5, 0.6) is 0 Å². The van der Waals surface area contributed by atoms with Crippen LogP contribution in [0.4, 0.5) is 0 Å². The average molecular weight is 288 g/mol.